The third-order valence-electron chi connectivity index (χ3n) is 5.06. The second kappa shape index (κ2) is 5.10. The van der Waals surface area contributed by atoms with Crippen molar-refractivity contribution in [2.75, 3.05) is 6.54 Å². The number of fused-ring (bicyclic) bond motifs is 1. The van der Waals surface area contributed by atoms with Gasteiger partial charge < -0.3 is 10.8 Å². The van der Waals surface area contributed by atoms with Crippen LogP contribution in [0.5, 0.6) is 5.75 Å². The van der Waals surface area contributed by atoms with Crippen LogP contribution < -0.4 is 5.73 Å². The number of aromatic hydroxyl groups is 1. The Hall–Kier alpha value is -0.540. The van der Waals surface area contributed by atoms with E-state index in [1.807, 2.05) is 0 Å². The third kappa shape index (κ3) is 2.11. The number of halogens is 1. The van der Waals surface area contributed by atoms with E-state index in [4.69, 9.17) is 5.73 Å². The molecule has 1 aromatic carbocycles. The molecule has 1 saturated carbocycles. The Bertz CT molecular complexity index is 489. The number of benzene rings is 1. The van der Waals surface area contributed by atoms with Gasteiger partial charge in [-0.1, -0.05) is 12.8 Å². The van der Waals surface area contributed by atoms with Crippen molar-refractivity contribution in [3.8, 4) is 5.75 Å². The molecule has 3 N–H and O–H groups in total. The van der Waals surface area contributed by atoms with Gasteiger partial charge in [0.15, 0.2) is 0 Å². The molecular weight excluding hydrogens is 302 g/mol. The molecule has 0 saturated heterocycles. The van der Waals surface area contributed by atoms with Crippen molar-refractivity contribution in [2.45, 2.75) is 56.8 Å². The fourth-order valence-electron chi connectivity index (χ4n) is 3.76. The van der Waals surface area contributed by atoms with Gasteiger partial charge in [-0.25, -0.2) is 0 Å². The van der Waals surface area contributed by atoms with Crippen LogP contribution in [0.3, 0.4) is 0 Å². The summed E-state index contributed by atoms with van der Waals surface area (Å²) >= 11 is 3.53. The quantitative estimate of drug-likeness (QED) is 0.813. The van der Waals surface area contributed by atoms with Crippen molar-refractivity contribution in [2.24, 2.45) is 5.73 Å². The molecule has 3 rings (SSSR count). The highest BCUT2D eigenvalue weighted by Gasteiger charge is 2.42. The summed E-state index contributed by atoms with van der Waals surface area (Å²) in [4.78, 5) is 0. The minimum absolute atomic E-state index is 0.0439. The Balaban J connectivity index is 2.18. The first kappa shape index (κ1) is 13.4. The standard InChI is InChI=1S/C16H22BrNO/c17-13-9-11-5-2-1-3-6-12(11)14(15(13)19)16(10-18)7-4-8-16/h9,19H,1-8,10,18H2. The molecule has 0 aromatic heterocycles. The molecular formula is C16H22BrNO. The molecule has 0 heterocycles. The molecule has 2 aliphatic carbocycles. The molecule has 0 spiro atoms. The van der Waals surface area contributed by atoms with E-state index < -0.39 is 0 Å². The highest BCUT2D eigenvalue weighted by Crippen LogP contribution is 2.51. The third-order valence-corrected chi connectivity index (χ3v) is 5.66. The molecule has 0 aliphatic heterocycles. The van der Waals surface area contributed by atoms with Crippen molar-refractivity contribution in [1.82, 2.24) is 0 Å². The highest BCUT2D eigenvalue weighted by atomic mass is 79.9. The molecule has 104 valence electrons. The average molecular weight is 324 g/mol. The molecule has 0 atom stereocenters. The number of phenols is 1. The molecule has 0 amide bonds. The van der Waals surface area contributed by atoms with Crippen LogP contribution in [0.1, 0.15) is 55.2 Å². The van der Waals surface area contributed by atoms with Gasteiger partial charge in [0.2, 0.25) is 0 Å². The first-order valence-electron chi connectivity index (χ1n) is 7.42. The Morgan fingerprint density at radius 3 is 2.53 bits per heavy atom. The lowest BCUT2D eigenvalue weighted by Crippen LogP contribution is -2.42. The summed E-state index contributed by atoms with van der Waals surface area (Å²) in [6.45, 7) is 0.656. The Morgan fingerprint density at radius 1 is 1.16 bits per heavy atom. The molecule has 2 aliphatic rings. The first-order valence-corrected chi connectivity index (χ1v) is 8.21. The lowest BCUT2D eigenvalue weighted by Gasteiger charge is -2.43. The summed E-state index contributed by atoms with van der Waals surface area (Å²) in [5.74, 6) is 0.450. The molecule has 19 heavy (non-hydrogen) atoms. The molecule has 1 aromatic rings. The number of nitrogens with two attached hydrogens (primary N) is 1. The zero-order valence-electron chi connectivity index (χ0n) is 11.3. The fraction of sp³-hybridized carbons (Fsp3) is 0.625. The Morgan fingerprint density at radius 2 is 1.89 bits per heavy atom. The topological polar surface area (TPSA) is 46.2 Å². The second-order valence-electron chi connectivity index (χ2n) is 6.12. The van der Waals surface area contributed by atoms with E-state index in [1.165, 1.54) is 42.4 Å². The molecule has 0 unspecified atom stereocenters. The van der Waals surface area contributed by atoms with Crippen molar-refractivity contribution >= 4 is 15.9 Å². The van der Waals surface area contributed by atoms with Gasteiger partial charge in [-0.05, 0) is 71.6 Å². The molecule has 0 radical (unpaired) electrons. The van der Waals surface area contributed by atoms with Gasteiger partial charge in [-0.2, -0.15) is 0 Å². The van der Waals surface area contributed by atoms with E-state index in [9.17, 15) is 5.11 Å². The van der Waals surface area contributed by atoms with E-state index in [0.717, 1.165) is 30.2 Å². The van der Waals surface area contributed by atoms with Crippen LogP contribution in [0.15, 0.2) is 10.5 Å². The van der Waals surface area contributed by atoms with Crippen molar-refractivity contribution < 1.29 is 5.11 Å². The minimum atomic E-state index is 0.0439. The van der Waals surface area contributed by atoms with Crippen molar-refractivity contribution in [3.05, 3.63) is 27.2 Å². The predicted octanol–water partition coefficient (Wildman–Crippen LogP) is 3.80. The monoisotopic (exact) mass is 323 g/mol. The van der Waals surface area contributed by atoms with Crippen LogP contribution in [-0.2, 0) is 18.3 Å². The lowest BCUT2D eigenvalue weighted by atomic mass is 9.62. The van der Waals surface area contributed by atoms with Gasteiger partial charge in [-0.3, -0.25) is 0 Å². The summed E-state index contributed by atoms with van der Waals surface area (Å²) in [6, 6.07) is 2.13. The lowest BCUT2D eigenvalue weighted by molar-refractivity contribution is 0.242. The number of phenolic OH excluding ortho intramolecular Hbond substituents is 1. The van der Waals surface area contributed by atoms with Crippen LogP contribution in [0.4, 0.5) is 0 Å². The predicted molar refractivity (Wildman–Crippen MR) is 81.6 cm³/mol. The van der Waals surface area contributed by atoms with Crippen LogP contribution in [0, 0.1) is 0 Å². The number of hydrogen-bond acceptors (Lipinski definition) is 2. The largest absolute Gasteiger partial charge is 0.506 e. The minimum Gasteiger partial charge on any atom is -0.506 e. The van der Waals surface area contributed by atoms with Crippen LogP contribution in [-0.4, -0.2) is 11.7 Å². The van der Waals surface area contributed by atoms with Crippen LogP contribution >= 0.6 is 15.9 Å². The second-order valence-corrected chi connectivity index (χ2v) is 6.97. The van der Waals surface area contributed by atoms with Gasteiger partial charge in [-0.15, -0.1) is 0 Å². The fourth-order valence-corrected chi connectivity index (χ4v) is 4.24. The van der Waals surface area contributed by atoms with Gasteiger partial charge >= 0.3 is 0 Å². The highest BCUT2D eigenvalue weighted by molar-refractivity contribution is 9.10. The molecule has 0 bridgehead atoms. The maximum atomic E-state index is 10.6. The summed E-state index contributed by atoms with van der Waals surface area (Å²) in [5, 5.41) is 10.6. The summed E-state index contributed by atoms with van der Waals surface area (Å²) in [5.41, 5.74) is 10.1. The van der Waals surface area contributed by atoms with Crippen LogP contribution in [0.25, 0.3) is 0 Å². The van der Waals surface area contributed by atoms with Gasteiger partial charge in [0.05, 0.1) is 4.47 Å². The molecule has 3 heteroatoms. The average Bonchev–Trinajstić information content (AvgIpc) is 2.58. The number of aryl methyl sites for hydroxylation is 1. The van der Waals surface area contributed by atoms with Crippen LogP contribution in [0.2, 0.25) is 0 Å². The SMILES string of the molecule is NCC1(c2c(O)c(Br)cc3c2CCCCC3)CCC1. The smallest absolute Gasteiger partial charge is 0.133 e. The van der Waals surface area contributed by atoms with Crippen molar-refractivity contribution in [3.63, 3.8) is 0 Å². The summed E-state index contributed by atoms with van der Waals surface area (Å²) < 4.78 is 0.850. The molecule has 1 fully saturated rings. The first-order chi connectivity index (χ1) is 9.18. The summed E-state index contributed by atoms with van der Waals surface area (Å²) in [7, 11) is 0. The van der Waals surface area contributed by atoms with E-state index in [2.05, 4.69) is 22.0 Å². The molecule has 2 nitrogen and oxygen atoms in total. The van der Waals surface area contributed by atoms with E-state index in [-0.39, 0.29) is 5.41 Å². The zero-order valence-corrected chi connectivity index (χ0v) is 12.9. The van der Waals surface area contributed by atoms with Crippen molar-refractivity contribution in [1.29, 1.82) is 0 Å². The van der Waals surface area contributed by atoms with E-state index in [0.29, 0.717) is 12.3 Å². The summed E-state index contributed by atoms with van der Waals surface area (Å²) in [6.07, 6.45) is 9.52. The number of rotatable bonds is 2. The number of hydrogen-bond donors (Lipinski definition) is 2. The Labute approximate surface area is 123 Å². The van der Waals surface area contributed by atoms with E-state index in [1.54, 1.807) is 0 Å². The maximum Gasteiger partial charge on any atom is 0.133 e. The van der Waals surface area contributed by atoms with Gasteiger partial charge in [0.25, 0.3) is 0 Å². The van der Waals surface area contributed by atoms with E-state index >= 15 is 0 Å². The Kier molecular flexibility index (Phi) is 3.61. The van der Waals surface area contributed by atoms with Gasteiger partial charge in [0, 0.05) is 17.5 Å². The normalized spacial score (nSPS) is 21.4. The van der Waals surface area contributed by atoms with Gasteiger partial charge in [0.1, 0.15) is 5.75 Å². The maximum absolute atomic E-state index is 10.6. The zero-order chi connectivity index (χ0) is 13.5.